The van der Waals surface area contributed by atoms with Crippen LogP contribution in [0, 0.1) is 11.3 Å². The van der Waals surface area contributed by atoms with E-state index in [1.54, 1.807) is 0 Å². The predicted octanol–water partition coefficient (Wildman–Crippen LogP) is 0.496. The lowest BCUT2D eigenvalue weighted by Crippen LogP contribution is -2.47. The molecular weight excluding hydrogens is 126 g/mol. The van der Waals surface area contributed by atoms with Crippen LogP contribution in [0.2, 0.25) is 0 Å². The Labute approximate surface area is 61.4 Å². The van der Waals surface area contributed by atoms with Gasteiger partial charge in [-0.05, 0) is 43.6 Å². The normalized spacial score (nSPS) is 46.8. The summed E-state index contributed by atoms with van der Waals surface area (Å²) >= 11 is 0. The summed E-state index contributed by atoms with van der Waals surface area (Å²) in [7, 11) is 0. The Hall–Kier alpha value is -0.0800. The molecule has 0 amide bonds. The fraction of sp³-hybridized carbons (Fsp3) is 1.00. The van der Waals surface area contributed by atoms with Crippen molar-refractivity contribution < 1.29 is 5.11 Å². The SMILES string of the molecule is NCC1(C2CC2)CC(O)C1. The summed E-state index contributed by atoms with van der Waals surface area (Å²) in [5.74, 6) is 0.862. The Morgan fingerprint density at radius 3 is 2.30 bits per heavy atom. The zero-order valence-corrected chi connectivity index (χ0v) is 6.21. The number of hydrogen-bond donors (Lipinski definition) is 2. The molecule has 0 aliphatic heterocycles. The van der Waals surface area contributed by atoms with E-state index in [-0.39, 0.29) is 6.10 Å². The van der Waals surface area contributed by atoms with E-state index in [9.17, 15) is 0 Å². The minimum Gasteiger partial charge on any atom is -0.393 e. The topological polar surface area (TPSA) is 46.2 Å². The average Bonchev–Trinajstić information content (AvgIpc) is 2.61. The van der Waals surface area contributed by atoms with Crippen LogP contribution in [0.15, 0.2) is 0 Å². The van der Waals surface area contributed by atoms with Crippen LogP contribution in [-0.2, 0) is 0 Å². The van der Waals surface area contributed by atoms with Crippen LogP contribution >= 0.6 is 0 Å². The van der Waals surface area contributed by atoms with Crippen molar-refractivity contribution in [2.45, 2.75) is 31.8 Å². The third-order valence-electron chi connectivity index (χ3n) is 3.13. The van der Waals surface area contributed by atoms with E-state index in [4.69, 9.17) is 10.8 Å². The third-order valence-corrected chi connectivity index (χ3v) is 3.13. The largest absolute Gasteiger partial charge is 0.393 e. The fourth-order valence-corrected chi connectivity index (χ4v) is 2.24. The molecular formula is C8H15NO. The maximum atomic E-state index is 9.14. The van der Waals surface area contributed by atoms with Crippen molar-refractivity contribution in [3.63, 3.8) is 0 Å². The van der Waals surface area contributed by atoms with Gasteiger partial charge in [-0.1, -0.05) is 0 Å². The highest BCUT2D eigenvalue weighted by Gasteiger charge is 2.51. The number of nitrogens with two attached hydrogens (primary N) is 1. The molecule has 58 valence electrons. The monoisotopic (exact) mass is 141 g/mol. The second kappa shape index (κ2) is 1.95. The van der Waals surface area contributed by atoms with E-state index in [0.717, 1.165) is 25.3 Å². The molecule has 2 aliphatic rings. The van der Waals surface area contributed by atoms with Crippen LogP contribution in [0.5, 0.6) is 0 Å². The van der Waals surface area contributed by atoms with Crippen molar-refractivity contribution in [1.82, 2.24) is 0 Å². The van der Waals surface area contributed by atoms with Crippen LogP contribution in [0.25, 0.3) is 0 Å². The highest BCUT2D eigenvalue weighted by molar-refractivity contribution is 5.03. The van der Waals surface area contributed by atoms with Crippen LogP contribution in [0.1, 0.15) is 25.7 Å². The molecule has 0 bridgehead atoms. The Morgan fingerprint density at radius 2 is 2.00 bits per heavy atom. The maximum Gasteiger partial charge on any atom is 0.0552 e. The number of aliphatic hydroxyl groups excluding tert-OH is 1. The number of aliphatic hydroxyl groups is 1. The van der Waals surface area contributed by atoms with Crippen LogP contribution in [-0.4, -0.2) is 17.8 Å². The number of rotatable bonds is 2. The smallest absolute Gasteiger partial charge is 0.0552 e. The fourth-order valence-electron chi connectivity index (χ4n) is 2.24. The Kier molecular flexibility index (Phi) is 1.29. The third kappa shape index (κ3) is 0.789. The van der Waals surface area contributed by atoms with Crippen LogP contribution in [0.3, 0.4) is 0 Å². The summed E-state index contributed by atoms with van der Waals surface area (Å²) < 4.78 is 0. The van der Waals surface area contributed by atoms with Crippen molar-refractivity contribution >= 4 is 0 Å². The molecule has 0 atom stereocenters. The molecule has 0 saturated heterocycles. The van der Waals surface area contributed by atoms with Gasteiger partial charge in [0.2, 0.25) is 0 Å². The molecule has 0 radical (unpaired) electrons. The minimum atomic E-state index is -0.0378. The lowest BCUT2D eigenvalue weighted by atomic mass is 9.63. The summed E-state index contributed by atoms with van der Waals surface area (Å²) in [6.45, 7) is 0.786. The van der Waals surface area contributed by atoms with Crippen molar-refractivity contribution in [2.24, 2.45) is 17.1 Å². The molecule has 2 aliphatic carbocycles. The van der Waals surface area contributed by atoms with Gasteiger partial charge < -0.3 is 10.8 Å². The van der Waals surface area contributed by atoms with Gasteiger partial charge in [-0.3, -0.25) is 0 Å². The van der Waals surface area contributed by atoms with Gasteiger partial charge in [-0.2, -0.15) is 0 Å². The second-order valence-electron chi connectivity index (χ2n) is 3.90. The first-order chi connectivity index (χ1) is 4.77. The molecule has 2 saturated carbocycles. The quantitative estimate of drug-likeness (QED) is 0.588. The van der Waals surface area contributed by atoms with E-state index < -0.39 is 0 Å². The van der Waals surface area contributed by atoms with Gasteiger partial charge in [0.15, 0.2) is 0 Å². The molecule has 2 rings (SSSR count). The van der Waals surface area contributed by atoms with Crippen molar-refractivity contribution in [2.75, 3.05) is 6.54 Å². The molecule has 0 aromatic rings. The molecule has 0 unspecified atom stereocenters. The van der Waals surface area contributed by atoms with Crippen LogP contribution < -0.4 is 5.73 Å². The summed E-state index contributed by atoms with van der Waals surface area (Å²) in [4.78, 5) is 0. The van der Waals surface area contributed by atoms with E-state index in [0.29, 0.717) is 5.41 Å². The summed E-state index contributed by atoms with van der Waals surface area (Å²) in [5.41, 5.74) is 6.04. The first-order valence-corrected chi connectivity index (χ1v) is 4.15. The zero-order valence-electron chi connectivity index (χ0n) is 6.21. The molecule has 0 aromatic heterocycles. The Bertz CT molecular complexity index is 136. The van der Waals surface area contributed by atoms with E-state index in [1.165, 1.54) is 12.8 Å². The van der Waals surface area contributed by atoms with Crippen LogP contribution in [0.4, 0.5) is 0 Å². The molecule has 0 aromatic carbocycles. The molecule has 3 N–H and O–H groups in total. The predicted molar refractivity (Wildman–Crippen MR) is 39.5 cm³/mol. The summed E-state index contributed by atoms with van der Waals surface area (Å²) in [6, 6.07) is 0. The first kappa shape index (κ1) is 6.62. The first-order valence-electron chi connectivity index (χ1n) is 4.15. The van der Waals surface area contributed by atoms with Gasteiger partial charge in [0.05, 0.1) is 6.10 Å². The Morgan fingerprint density at radius 1 is 1.40 bits per heavy atom. The lowest BCUT2D eigenvalue weighted by Gasteiger charge is -2.45. The molecule has 2 fully saturated rings. The van der Waals surface area contributed by atoms with Crippen molar-refractivity contribution in [1.29, 1.82) is 0 Å². The summed E-state index contributed by atoms with van der Waals surface area (Å²) in [5, 5.41) is 9.14. The van der Waals surface area contributed by atoms with Gasteiger partial charge in [0.1, 0.15) is 0 Å². The molecule has 0 spiro atoms. The Balaban J connectivity index is 1.97. The van der Waals surface area contributed by atoms with Gasteiger partial charge in [-0.25, -0.2) is 0 Å². The molecule has 2 nitrogen and oxygen atoms in total. The molecule has 2 heteroatoms. The minimum absolute atomic E-state index is 0.0378. The van der Waals surface area contributed by atoms with Gasteiger partial charge in [-0.15, -0.1) is 0 Å². The standard InChI is InChI=1S/C8H15NO/c9-5-8(6-1-2-6)3-7(10)4-8/h6-7,10H,1-5,9H2. The summed E-state index contributed by atoms with van der Waals surface area (Å²) in [6.07, 6.45) is 4.60. The van der Waals surface area contributed by atoms with Gasteiger partial charge in [0.25, 0.3) is 0 Å². The highest BCUT2D eigenvalue weighted by Crippen LogP contribution is 2.56. The van der Waals surface area contributed by atoms with Crippen molar-refractivity contribution in [3.05, 3.63) is 0 Å². The average molecular weight is 141 g/mol. The van der Waals surface area contributed by atoms with Gasteiger partial charge >= 0.3 is 0 Å². The molecule has 10 heavy (non-hydrogen) atoms. The lowest BCUT2D eigenvalue weighted by molar-refractivity contribution is -0.0405. The maximum absolute atomic E-state index is 9.14. The number of hydrogen-bond acceptors (Lipinski definition) is 2. The molecule has 0 heterocycles. The van der Waals surface area contributed by atoms with E-state index >= 15 is 0 Å². The second-order valence-corrected chi connectivity index (χ2v) is 3.90. The van der Waals surface area contributed by atoms with Gasteiger partial charge in [0, 0.05) is 0 Å². The van der Waals surface area contributed by atoms with E-state index in [2.05, 4.69) is 0 Å². The van der Waals surface area contributed by atoms with Crippen molar-refractivity contribution in [3.8, 4) is 0 Å². The highest BCUT2D eigenvalue weighted by atomic mass is 16.3. The van der Waals surface area contributed by atoms with E-state index in [1.807, 2.05) is 0 Å². The zero-order chi connectivity index (χ0) is 7.19.